The number of carbonyl (C=O) groups excluding carboxylic acids is 3. The molecule has 0 aliphatic carbocycles. The number of nitrogens with zero attached hydrogens (tertiary/aromatic N) is 2. The molecule has 0 bridgehead atoms. The summed E-state index contributed by atoms with van der Waals surface area (Å²) in [5.41, 5.74) is 0. The number of amides is 2. The zero-order valence-corrected chi connectivity index (χ0v) is 14.6. The lowest BCUT2D eigenvalue weighted by Gasteiger charge is -2.37. The zero-order chi connectivity index (χ0) is 17.9. The number of sulfone groups is 1. The fourth-order valence-electron chi connectivity index (χ4n) is 2.96. The van der Waals surface area contributed by atoms with Crippen molar-refractivity contribution in [3.8, 4) is 0 Å². The van der Waals surface area contributed by atoms with Gasteiger partial charge in [0.05, 0.1) is 6.61 Å². The second kappa shape index (κ2) is 7.37. The zero-order valence-electron chi connectivity index (χ0n) is 13.8. The lowest BCUT2D eigenvalue weighted by atomic mass is 10.0. The van der Waals surface area contributed by atoms with E-state index in [9.17, 15) is 22.8 Å². The number of ether oxygens (including phenoxy) is 2. The molecule has 24 heavy (non-hydrogen) atoms. The third-order valence-corrected chi connectivity index (χ3v) is 4.84. The van der Waals surface area contributed by atoms with Crippen molar-refractivity contribution >= 4 is 27.8 Å². The molecule has 0 radical (unpaired) electrons. The predicted molar refractivity (Wildman–Crippen MR) is 82.9 cm³/mol. The summed E-state index contributed by atoms with van der Waals surface area (Å²) in [6.45, 7) is 2.53. The highest BCUT2D eigenvalue weighted by Gasteiger charge is 2.44. The lowest BCUT2D eigenvalue weighted by molar-refractivity contribution is -0.148. The minimum absolute atomic E-state index is 0.0368. The maximum absolute atomic E-state index is 11.9. The van der Waals surface area contributed by atoms with Gasteiger partial charge in [-0.1, -0.05) is 0 Å². The van der Waals surface area contributed by atoms with Crippen LogP contribution in [0.25, 0.3) is 0 Å². The number of esters is 1. The van der Waals surface area contributed by atoms with Gasteiger partial charge in [-0.2, -0.15) is 0 Å². The Bertz CT molecular complexity index is 611. The van der Waals surface area contributed by atoms with Crippen molar-refractivity contribution in [2.24, 2.45) is 0 Å². The molecular weight excluding hydrogens is 340 g/mol. The van der Waals surface area contributed by atoms with E-state index in [2.05, 4.69) is 0 Å². The summed E-state index contributed by atoms with van der Waals surface area (Å²) < 4.78 is 32.4. The second-order valence-corrected chi connectivity index (χ2v) is 8.07. The minimum atomic E-state index is -3.37. The van der Waals surface area contributed by atoms with Gasteiger partial charge >= 0.3 is 12.1 Å². The third kappa shape index (κ3) is 4.37. The molecule has 10 heteroatoms. The van der Waals surface area contributed by atoms with E-state index >= 15 is 0 Å². The van der Waals surface area contributed by atoms with Crippen LogP contribution in [0.15, 0.2) is 0 Å². The van der Waals surface area contributed by atoms with E-state index in [0.29, 0.717) is 25.9 Å². The summed E-state index contributed by atoms with van der Waals surface area (Å²) in [6.07, 6.45) is 1.37. The molecule has 2 amide bonds. The molecule has 0 unspecified atom stereocenters. The molecule has 0 N–H and O–H groups in total. The smallest absolute Gasteiger partial charge is 0.410 e. The van der Waals surface area contributed by atoms with Gasteiger partial charge in [0.25, 0.3) is 0 Å². The van der Waals surface area contributed by atoms with Crippen LogP contribution in [0.4, 0.5) is 4.79 Å². The van der Waals surface area contributed by atoms with Gasteiger partial charge in [-0.25, -0.2) is 18.0 Å². The maximum Gasteiger partial charge on any atom is 0.410 e. The summed E-state index contributed by atoms with van der Waals surface area (Å²) >= 11 is 0. The third-order valence-electron chi connectivity index (χ3n) is 4.07. The molecule has 2 saturated heterocycles. The minimum Gasteiger partial charge on any atom is -0.464 e. The van der Waals surface area contributed by atoms with Crippen LogP contribution in [-0.4, -0.2) is 86.6 Å². The fourth-order valence-corrected chi connectivity index (χ4v) is 3.60. The first-order valence-corrected chi connectivity index (χ1v) is 9.86. The van der Waals surface area contributed by atoms with Crippen LogP contribution < -0.4 is 0 Å². The monoisotopic (exact) mass is 362 g/mol. The van der Waals surface area contributed by atoms with E-state index < -0.39 is 39.6 Å². The Labute approximate surface area is 140 Å². The van der Waals surface area contributed by atoms with Crippen molar-refractivity contribution in [1.29, 1.82) is 0 Å². The van der Waals surface area contributed by atoms with E-state index in [-0.39, 0.29) is 19.3 Å². The SMILES string of the molecule is CCOC(=O)[C@@H]1COC(=O)N1C1CCN(C(=O)CS(C)(=O)=O)CC1. The molecule has 0 aromatic carbocycles. The Morgan fingerprint density at radius 1 is 1.29 bits per heavy atom. The van der Waals surface area contributed by atoms with Crippen LogP contribution in [0.5, 0.6) is 0 Å². The molecule has 2 heterocycles. The second-order valence-electron chi connectivity index (χ2n) is 5.93. The summed E-state index contributed by atoms with van der Waals surface area (Å²) in [5.74, 6) is -1.46. The van der Waals surface area contributed by atoms with E-state index in [1.54, 1.807) is 6.92 Å². The summed E-state index contributed by atoms with van der Waals surface area (Å²) in [6, 6.07) is -1.00. The summed E-state index contributed by atoms with van der Waals surface area (Å²) in [5, 5.41) is 0. The molecule has 0 saturated carbocycles. The van der Waals surface area contributed by atoms with Gasteiger partial charge in [0.15, 0.2) is 15.9 Å². The average molecular weight is 362 g/mol. The first-order chi connectivity index (χ1) is 11.2. The van der Waals surface area contributed by atoms with E-state index in [0.717, 1.165) is 6.26 Å². The van der Waals surface area contributed by atoms with Crippen molar-refractivity contribution < 1.29 is 32.3 Å². The van der Waals surface area contributed by atoms with Crippen molar-refractivity contribution in [1.82, 2.24) is 9.80 Å². The highest BCUT2D eigenvalue weighted by atomic mass is 32.2. The van der Waals surface area contributed by atoms with Gasteiger partial charge in [-0.3, -0.25) is 9.69 Å². The molecule has 2 aliphatic rings. The number of piperidine rings is 1. The number of hydrogen-bond donors (Lipinski definition) is 0. The summed E-state index contributed by atoms with van der Waals surface area (Å²) in [7, 11) is -3.37. The van der Waals surface area contributed by atoms with Crippen molar-refractivity contribution in [3.05, 3.63) is 0 Å². The van der Waals surface area contributed by atoms with Crippen LogP contribution >= 0.6 is 0 Å². The van der Waals surface area contributed by atoms with Gasteiger partial charge in [0, 0.05) is 25.4 Å². The van der Waals surface area contributed by atoms with Gasteiger partial charge in [-0.05, 0) is 19.8 Å². The Hall–Kier alpha value is -1.84. The Balaban J connectivity index is 1.96. The van der Waals surface area contributed by atoms with Crippen LogP contribution in [0, 0.1) is 0 Å². The quantitative estimate of drug-likeness (QED) is 0.601. The topological polar surface area (TPSA) is 110 Å². The maximum atomic E-state index is 11.9. The largest absolute Gasteiger partial charge is 0.464 e. The molecule has 2 rings (SSSR count). The highest BCUT2D eigenvalue weighted by Crippen LogP contribution is 2.24. The van der Waals surface area contributed by atoms with Crippen LogP contribution in [0.1, 0.15) is 19.8 Å². The average Bonchev–Trinajstić information content (AvgIpc) is 2.88. The van der Waals surface area contributed by atoms with Gasteiger partial charge < -0.3 is 14.4 Å². The van der Waals surface area contributed by atoms with Crippen molar-refractivity contribution in [2.75, 3.05) is 38.3 Å². The van der Waals surface area contributed by atoms with Crippen LogP contribution in [-0.2, 0) is 28.9 Å². The molecule has 2 fully saturated rings. The Morgan fingerprint density at radius 3 is 2.46 bits per heavy atom. The van der Waals surface area contributed by atoms with Crippen molar-refractivity contribution in [2.45, 2.75) is 31.8 Å². The van der Waals surface area contributed by atoms with Crippen LogP contribution in [0.2, 0.25) is 0 Å². The van der Waals surface area contributed by atoms with E-state index in [1.165, 1.54) is 9.80 Å². The molecular formula is C14H22N2O7S. The normalized spacial score (nSPS) is 22.4. The first-order valence-electron chi connectivity index (χ1n) is 7.80. The standard InChI is InChI=1S/C14H22N2O7S/c1-3-22-13(18)11-8-23-14(19)16(11)10-4-6-15(7-5-10)12(17)9-24(2,20)21/h10-11H,3-9H2,1-2H3/t11-/m0/s1. The van der Waals surface area contributed by atoms with E-state index in [1.807, 2.05) is 0 Å². The summed E-state index contributed by atoms with van der Waals surface area (Å²) in [4.78, 5) is 38.7. The Morgan fingerprint density at radius 2 is 1.92 bits per heavy atom. The predicted octanol–water partition coefficient (Wildman–Crippen LogP) is -0.594. The number of rotatable bonds is 5. The Kier molecular flexibility index (Phi) is 5.68. The molecule has 1 atom stereocenters. The lowest BCUT2D eigenvalue weighted by Crippen LogP contribution is -2.52. The van der Waals surface area contributed by atoms with E-state index in [4.69, 9.17) is 9.47 Å². The van der Waals surface area contributed by atoms with Gasteiger partial charge in [0.2, 0.25) is 5.91 Å². The molecule has 9 nitrogen and oxygen atoms in total. The highest BCUT2D eigenvalue weighted by molar-refractivity contribution is 7.91. The van der Waals surface area contributed by atoms with Gasteiger partial charge in [-0.15, -0.1) is 0 Å². The van der Waals surface area contributed by atoms with Crippen molar-refractivity contribution in [3.63, 3.8) is 0 Å². The molecule has 0 spiro atoms. The molecule has 2 aliphatic heterocycles. The first kappa shape index (κ1) is 18.5. The fraction of sp³-hybridized carbons (Fsp3) is 0.786. The number of carbonyl (C=O) groups is 3. The van der Waals surface area contributed by atoms with Crippen LogP contribution in [0.3, 0.4) is 0 Å². The molecule has 136 valence electrons. The molecule has 0 aromatic heterocycles. The number of likely N-dealkylation sites (tertiary alicyclic amines) is 1. The molecule has 0 aromatic rings. The number of cyclic esters (lactones) is 1. The van der Waals surface area contributed by atoms with Gasteiger partial charge in [0.1, 0.15) is 12.4 Å². The number of hydrogen-bond acceptors (Lipinski definition) is 7.